The number of amides is 1. The van der Waals surface area contributed by atoms with Gasteiger partial charge in [0.1, 0.15) is 0 Å². The maximum atomic E-state index is 12.3. The minimum Gasteiger partial charge on any atom is -0.346 e. The van der Waals surface area contributed by atoms with E-state index in [4.69, 9.17) is 0 Å². The molecule has 122 valence electrons. The number of rotatable bonds is 4. The molecular weight excluding hydrogens is 302 g/mol. The van der Waals surface area contributed by atoms with Crippen LogP contribution >= 0.6 is 0 Å². The number of nitrogens with zero attached hydrogens (tertiary/aromatic N) is 1. The number of fused-ring (bicyclic) bond motifs is 1. The molecule has 0 saturated carbocycles. The molecular formula is C19H19N3O2. The highest BCUT2D eigenvalue weighted by molar-refractivity contribution is 5.94. The lowest BCUT2D eigenvalue weighted by Gasteiger charge is -2.09. The van der Waals surface area contributed by atoms with Gasteiger partial charge in [-0.25, -0.2) is 5.10 Å². The Morgan fingerprint density at radius 3 is 2.42 bits per heavy atom. The van der Waals surface area contributed by atoms with E-state index in [-0.39, 0.29) is 18.0 Å². The molecule has 0 saturated heterocycles. The minimum atomic E-state index is -0.232. The molecule has 3 aromatic rings. The van der Waals surface area contributed by atoms with E-state index in [0.29, 0.717) is 22.6 Å². The molecule has 5 heteroatoms. The zero-order chi connectivity index (χ0) is 17.1. The second-order valence-electron chi connectivity index (χ2n) is 6.00. The van der Waals surface area contributed by atoms with E-state index in [1.165, 1.54) is 5.56 Å². The first-order chi connectivity index (χ1) is 11.6. The molecule has 2 N–H and O–H groups in total. The molecule has 1 amide bonds. The topological polar surface area (TPSA) is 74.8 Å². The molecule has 0 aliphatic carbocycles. The molecule has 1 aromatic heterocycles. The zero-order valence-corrected chi connectivity index (χ0v) is 13.7. The van der Waals surface area contributed by atoms with E-state index in [1.54, 1.807) is 12.1 Å². The molecule has 2 aromatic carbocycles. The summed E-state index contributed by atoms with van der Waals surface area (Å²) in [4.78, 5) is 24.1. The van der Waals surface area contributed by atoms with Gasteiger partial charge in [0.25, 0.3) is 11.5 Å². The molecule has 0 unspecified atom stereocenters. The number of hydrogen-bond donors (Lipinski definition) is 2. The summed E-state index contributed by atoms with van der Waals surface area (Å²) >= 11 is 0. The second kappa shape index (κ2) is 6.66. The van der Waals surface area contributed by atoms with Gasteiger partial charge in [-0.2, -0.15) is 5.10 Å². The smallest absolute Gasteiger partial charge is 0.272 e. The quantitative estimate of drug-likeness (QED) is 0.776. The Labute approximate surface area is 139 Å². The van der Waals surface area contributed by atoms with Gasteiger partial charge in [-0.3, -0.25) is 9.59 Å². The van der Waals surface area contributed by atoms with Crippen molar-refractivity contribution in [2.75, 3.05) is 0 Å². The van der Waals surface area contributed by atoms with Gasteiger partial charge in [-0.05, 0) is 29.7 Å². The molecule has 0 fully saturated rings. The molecule has 24 heavy (non-hydrogen) atoms. The van der Waals surface area contributed by atoms with Crippen molar-refractivity contribution in [3.05, 3.63) is 75.7 Å². The molecule has 0 aliphatic rings. The maximum absolute atomic E-state index is 12.3. The standard InChI is InChI=1S/C19H19N3O2/c1-12(2)13-7-9-14(10-8-13)18(23)20-11-17-15-5-3-4-6-16(15)19(24)22-21-17/h3-10,12H,11H2,1-2H3,(H,20,23)(H,22,24). The molecule has 3 rings (SSSR count). The van der Waals surface area contributed by atoms with Crippen LogP contribution in [0.25, 0.3) is 10.8 Å². The Kier molecular flexibility index (Phi) is 4.42. The maximum Gasteiger partial charge on any atom is 0.272 e. The Morgan fingerprint density at radius 2 is 1.75 bits per heavy atom. The monoisotopic (exact) mass is 321 g/mol. The summed E-state index contributed by atoms with van der Waals surface area (Å²) in [5, 5.41) is 10.7. The summed E-state index contributed by atoms with van der Waals surface area (Å²) in [5.41, 5.74) is 2.20. The first-order valence-electron chi connectivity index (χ1n) is 7.90. The number of aromatic amines is 1. The third kappa shape index (κ3) is 3.20. The number of nitrogens with one attached hydrogen (secondary N) is 2. The van der Waals surface area contributed by atoms with Crippen molar-refractivity contribution in [3.63, 3.8) is 0 Å². The van der Waals surface area contributed by atoms with Crippen LogP contribution in [0.3, 0.4) is 0 Å². The normalized spacial score (nSPS) is 11.0. The van der Waals surface area contributed by atoms with Crippen molar-refractivity contribution in [1.82, 2.24) is 15.5 Å². The van der Waals surface area contributed by atoms with E-state index in [1.807, 2.05) is 36.4 Å². The number of carbonyl (C=O) groups excluding carboxylic acids is 1. The van der Waals surface area contributed by atoms with Gasteiger partial charge in [0.05, 0.1) is 17.6 Å². The van der Waals surface area contributed by atoms with Crippen LogP contribution in [-0.2, 0) is 6.54 Å². The molecule has 0 bridgehead atoms. The van der Waals surface area contributed by atoms with Crippen LogP contribution in [0.15, 0.2) is 53.3 Å². The summed E-state index contributed by atoms with van der Waals surface area (Å²) in [6.45, 7) is 4.48. The highest BCUT2D eigenvalue weighted by Crippen LogP contribution is 2.15. The van der Waals surface area contributed by atoms with Crippen LogP contribution in [0.4, 0.5) is 0 Å². The van der Waals surface area contributed by atoms with Crippen LogP contribution in [-0.4, -0.2) is 16.1 Å². The minimum absolute atomic E-state index is 0.164. The van der Waals surface area contributed by atoms with E-state index in [0.717, 1.165) is 5.39 Å². The van der Waals surface area contributed by atoms with Gasteiger partial charge in [0.15, 0.2) is 0 Å². The average molecular weight is 321 g/mol. The summed E-state index contributed by atoms with van der Waals surface area (Å²) in [6.07, 6.45) is 0. The lowest BCUT2D eigenvalue weighted by Crippen LogP contribution is -2.24. The summed E-state index contributed by atoms with van der Waals surface area (Å²) in [5.74, 6) is 0.265. The molecule has 0 radical (unpaired) electrons. The zero-order valence-electron chi connectivity index (χ0n) is 13.7. The van der Waals surface area contributed by atoms with E-state index in [2.05, 4.69) is 29.4 Å². The lowest BCUT2D eigenvalue weighted by molar-refractivity contribution is 0.0950. The average Bonchev–Trinajstić information content (AvgIpc) is 2.61. The Balaban J connectivity index is 1.77. The Morgan fingerprint density at radius 1 is 1.08 bits per heavy atom. The van der Waals surface area contributed by atoms with Crippen molar-refractivity contribution in [3.8, 4) is 0 Å². The van der Waals surface area contributed by atoms with Crippen molar-refractivity contribution < 1.29 is 4.79 Å². The van der Waals surface area contributed by atoms with Gasteiger partial charge in [0.2, 0.25) is 0 Å². The van der Waals surface area contributed by atoms with Gasteiger partial charge in [0, 0.05) is 10.9 Å². The molecule has 0 spiro atoms. The third-order valence-corrected chi connectivity index (χ3v) is 4.03. The molecule has 0 aliphatic heterocycles. The number of carbonyl (C=O) groups is 1. The molecule has 0 atom stereocenters. The van der Waals surface area contributed by atoms with Crippen molar-refractivity contribution in [2.45, 2.75) is 26.3 Å². The van der Waals surface area contributed by atoms with Crippen molar-refractivity contribution in [2.24, 2.45) is 0 Å². The van der Waals surface area contributed by atoms with E-state index >= 15 is 0 Å². The fraction of sp³-hybridized carbons (Fsp3) is 0.211. The fourth-order valence-electron chi connectivity index (χ4n) is 2.59. The Bertz CT molecular complexity index is 927. The summed E-state index contributed by atoms with van der Waals surface area (Å²) < 4.78 is 0. The van der Waals surface area contributed by atoms with Gasteiger partial charge in [-0.1, -0.05) is 44.2 Å². The summed E-state index contributed by atoms with van der Waals surface area (Å²) in [7, 11) is 0. The van der Waals surface area contributed by atoms with Gasteiger partial charge < -0.3 is 5.32 Å². The predicted octanol–water partition coefficient (Wildman–Crippen LogP) is 2.98. The Hall–Kier alpha value is -2.95. The molecule has 1 heterocycles. The number of hydrogen-bond acceptors (Lipinski definition) is 3. The highest BCUT2D eigenvalue weighted by Gasteiger charge is 2.09. The van der Waals surface area contributed by atoms with Gasteiger partial charge in [-0.15, -0.1) is 0 Å². The van der Waals surface area contributed by atoms with E-state index in [9.17, 15) is 9.59 Å². The van der Waals surface area contributed by atoms with Crippen molar-refractivity contribution >= 4 is 16.7 Å². The number of H-pyrrole nitrogens is 1. The second-order valence-corrected chi connectivity index (χ2v) is 6.00. The third-order valence-electron chi connectivity index (χ3n) is 4.03. The van der Waals surface area contributed by atoms with Crippen molar-refractivity contribution in [1.29, 1.82) is 0 Å². The van der Waals surface area contributed by atoms with Crippen LogP contribution in [0.2, 0.25) is 0 Å². The number of benzene rings is 2. The largest absolute Gasteiger partial charge is 0.346 e. The lowest BCUT2D eigenvalue weighted by atomic mass is 10.0. The van der Waals surface area contributed by atoms with Crippen LogP contribution in [0.1, 0.15) is 41.4 Å². The van der Waals surface area contributed by atoms with E-state index < -0.39 is 0 Å². The molecule has 5 nitrogen and oxygen atoms in total. The SMILES string of the molecule is CC(C)c1ccc(C(=O)NCc2n[nH]c(=O)c3ccccc23)cc1. The van der Waals surface area contributed by atoms with Crippen LogP contribution < -0.4 is 10.9 Å². The fourth-order valence-corrected chi connectivity index (χ4v) is 2.59. The number of aromatic nitrogens is 2. The first kappa shape index (κ1) is 15.9. The van der Waals surface area contributed by atoms with Crippen LogP contribution in [0, 0.1) is 0 Å². The van der Waals surface area contributed by atoms with Gasteiger partial charge >= 0.3 is 0 Å². The highest BCUT2D eigenvalue weighted by atomic mass is 16.1. The first-order valence-corrected chi connectivity index (χ1v) is 7.90. The summed E-state index contributed by atoms with van der Waals surface area (Å²) in [6, 6.07) is 14.8. The van der Waals surface area contributed by atoms with Crippen LogP contribution in [0.5, 0.6) is 0 Å². The predicted molar refractivity (Wildman–Crippen MR) is 94.1 cm³/mol.